The lowest BCUT2D eigenvalue weighted by Gasteiger charge is -2.14. The second-order valence-corrected chi connectivity index (χ2v) is 4.76. The molecule has 0 unspecified atom stereocenters. The summed E-state index contributed by atoms with van der Waals surface area (Å²) < 4.78 is 5.84. The average Bonchev–Trinajstić information content (AvgIpc) is 2.31. The molecule has 1 rings (SSSR count). The van der Waals surface area contributed by atoms with Gasteiger partial charge >= 0.3 is 0 Å². The molecular formula is C14H25N3O. The van der Waals surface area contributed by atoms with E-state index in [4.69, 9.17) is 4.74 Å². The van der Waals surface area contributed by atoms with Crippen molar-refractivity contribution in [3.05, 3.63) is 23.5 Å². The Kier molecular flexibility index (Phi) is 6.68. The number of likely N-dealkylation sites (N-methyl/N-ethyl adjacent to an activating group) is 1. The van der Waals surface area contributed by atoms with Crippen LogP contribution in [0.25, 0.3) is 0 Å². The second kappa shape index (κ2) is 8.06. The lowest BCUT2D eigenvalue weighted by molar-refractivity contribution is 0.258. The fraction of sp³-hybridized carbons (Fsp3) is 0.643. The van der Waals surface area contributed by atoms with Crippen LogP contribution in [0.2, 0.25) is 0 Å². The number of hydrogen-bond acceptors (Lipinski definition) is 4. The molecule has 0 saturated carbocycles. The van der Waals surface area contributed by atoms with E-state index in [1.165, 1.54) is 0 Å². The Morgan fingerprint density at radius 1 is 1.39 bits per heavy atom. The van der Waals surface area contributed by atoms with Gasteiger partial charge in [-0.15, -0.1) is 0 Å². The minimum Gasteiger partial charge on any atom is -0.492 e. The van der Waals surface area contributed by atoms with E-state index in [0.717, 1.165) is 43.1 Å². The number of nitrogens with one attached hydrogen (secondary N) is 1. The minimum atomic E-state index is 0.706. The van der Waals surface area contributed by atoms with Crippen LogP contribution in [0.1, 0.15) is 24.6 Å². The molecule has 1 aromatic heterocycles. The standard InChI is InChI=1S/C14H25N3O/c1-5-6-15-10-13-11-16-12(2)9-14(13)18-8-7-17(3)4/h9,11,15H,5-8,10H2,1-4H3. The molecule has 18 heavy (non-hydrogen) atoms. The van der Waals surface area contributed by atoms with Gasteiger partial charge in [0.2, 0.25) is 0 Å². The van der Waals surface area contributed by atoms with E-state index in [1.54, 1.807) is 0 Å². The molecule has 1 N–H and O–H groups in total. The maximum Gasteiger partial charge on any atom is 0.127 e. The van der Waals surface area contributed by atoms with E-state index in [-0.39, 0.29) is 0 Å². The van der Waals surface area contributed by atoms with Crippen LogP contribution >= 0.6 is 0 Å². The first-order chi connectivity index (χ1) is 8.63. The van der Waals surface area contributed by atoms with Gasteiger partial charge in [0.05, 0.1) is 0 Å². The third-order valence-electron chi connectivity index (χ3n) is 2.62. The first kappa shape index (κ1) is 14.9. The molecule has 0 aliphatic rings. The monoisotopic (exact) mass is 251 g/mol. The lowest BCUT2D eigenvalue weighted by Crippen LogP contribution is -2.20. The molecule has 1 aromatic rings. The van der Waals surface area contributed by atoms with Gasteiger partial charge in [0, 0.05) is 36.6 Å². The molecule has 0 bridgehead atoms. The molecule has 102 valence electrons. The number of rotatable bonds is 8. The molecule has 4 nitrogen and oxygen atoms in total. The first-order valence-corrected chi connectivity index (χ1v) is 6.57. The SMILES string of the molecule is CCCNCc1cnc(C)cc1OCCN(C)C. The van der Waals surface area contributed by atoms with Crippen LogP contribution in [-0.2, 0) is 6.54 Å². The topological polar surface area (TPSA) is 37.4 Å². The summed E-state index contributed by atoms with van der Waals surface area (Å²) in [6.07, 6.45) is 3.04. The fourth-order valence-corrected chi connectivity index (χ4v) is 1.57. The molecule has 0 aromatic carbocycles. The van der Waals surface area contributed by atoms with Crippen LogP contribution < -0.4 is 10.1 Å². The van der Waals surface area contributed by atoms with Crippen molar-refractivity contribution in [2.24, 2.45) is 0 Å². The molecule has 1 heterocycles. The Morgan fingerprint density at radius 2 is 2.17 bits per heavy atom. The quantitative estimate of drug-likeness (QED) is 0.715. The minimum absolute atomic E-state index is 0.706. The molecule has 4 heteroatoms. The number of ether oxygens (including phenoxy) is 1. The highest BCUT2D eigenvalue weighted by Gasteiger charge is 2.05. The highest BCUT2D eigenvalue weighted by atomic mass is 16.5. The third kappa shape index (κ3) is 5.47. The molecule has 0 atom stereocenters. The summed E-state index contributed by atoms with van der Waals surface area (Å²) in [6.45, 7) is 7.61. The summed E-state index contributed by atoms with van der Waals surface area (Å²) in [5.74, 6) is 0.952. The van der Waals surface area contributed by atoms with Crippen molar-refractivity contribution >= 4 is 0 Å². The molecular weight excluding hydrogens is 226 g/mol. The predicted molar refractivity (Wildman–Crippen MR) is 75.0 cm³/mol. The maximum atomic E-state index is 5.84. The Balaban J connectivity index is 2.58. The van der Waals surface area contributed by atoms with Crippen molar-refractivity contribution < 1.29 is 4.74 Å². The van der Waals surface area contributed by atoms with Crippen molar-refractivity contribution in [2.75, 3.05) is 33.8 Å². The van der Waals surface area contributed by atoms with E-state index < -0.39 is 0 Å². The summed E-state index contributed by atoms with van der Waals surface area (Å²) in [4.78, 5) is 6.45. The summed E-state index contributed by atoms with van der Waals surface area (Å²) >= 11 is 0. The molecule has 0 spiro atoms. The van der Waals surface area contributed by atoms with Crippen molar-refractivity contribution in [3.63, 3.8) is 0 Å². The van der Waals surface area contributed by atoms with Gasteiger partial charge in [0.25, 0.3) is 0 Å². The third-order valence-corrected chi connectivity index (χ3v) is 2.62. The van der Waals surface area contributed by atoms with Crippen molar-refractivity contribution in [2.45, 2.75) is 26.8 Å². The molecule has 0 radical (unpaired) electrons. The van der Waals surface area contributed by atoms with Gasteiger partial charge in [-0.3, -0.25) is 4.98 Å². The summed E-state index contributed by atoms with van der Waals surface area (Å²) in [6, 6.07) is 2.01. The molecule has 0 amide bonds. The number of hydrogen-bond donors (Lipinski definition) is 1. The van der Waals surface area contributed by atoms with Gasteiger partial charge in [0.1, 0.15) is 12.4 Å². The van der Waals surface area contributed by atoms with E-state index in [9.17, 15) is 0 Å². The van der Waals surface area contributed by atoms with E-state index >= 15 is 0 Å². The fourth-order valence-electron chi connectivity index (χ4n) is 1.57. The van der Waals surface area contributed by atoms with Crippen LogP contribution in [-0.4, -0.2) is 43.7 Å². The van der Waals surface area contributed by atoms with Crippen LogP contribution in [0.15, 0.2) is 12.3 Å². The van der Waals surface area contributed by atoms with Crippen LogP contribution in [0, 0.1) is 6.92 Å². The van der Waals surface area contributed by atoms with Crippen LogP contribution in [0.3, 0.4) is 0 Å². The largest absolute Gasteiger partial charge is 0.492 e. The van der Waals surface area contributed by atoms with E-state index in [1.807, 2.05) is 33.3 Å². The van der Waals surface area contributed by atoms with Gasteiger partial charge in [0.15, 0.2) is 0 Å². The Bertz CT molecular complexity index is 353. The van der Waals surface area contributed by atoms with Crippen molar-refractivity contribution in [1.82, 2.24) is 15.2 Å². The highest BCUT2D eigenvalue weighted by molar-refractivity contribution is 5.32. The normalized spacial score (nSPS) is 10.9. The molecule has 0 saturated heterocycles. The summed E-state index contributed by atoms with van der Waals surface area (Å²) in [5, 5.41) is 3.38. The van der Waals surface area contributed by atoms with Gasteiger partial charge < -0.3 is 15.0 Å². The number of aromatic nitrogens is 1. The van der Waals surface area contributed by atoms with Gasteiger partial charge in [-0.2, -0.15) is 0 Å². The van der Waals surface area contributed by atoms with Crippen molar-refractivity contribution in [3.8, 4) is 5.75 Å². The van der Waals surface area contributed by atoms with Crippen LogP contribution in [0.5, 0.6) is 5.75 Å². The highest BCUT2D eigenvalue weighted by Crippen LogP contribution is 2.18. The Morgan fingerprint density at radius 3 is 2.83 bits per heavy atom. The number of nitrogens with zero attached hydrogens (tertiary/aromatic N) is 2. The molecule has 0 fully saturated rings. The summed E-state index contributed by atoms with van der Waals surface area (Å²) in [5.41, 5.74) is 2.13. The summed E-state index contributed by atoms with van der Waals surface area (Å²) in [7, 11) is 4.09. The van der Waals surface area contributed by atoms with Crippen LogP contribution in [0.4, 0.5) is 0 Å². The van der Waals surface area contributed by atoms with E-state index in [2.05, 4.69) is 22.1 Å². The van der Waals surface area contributed by atoms with Gasteiger partial charge in [-0.25, -0.2) is 0 Å². The number of pyridine rings is 1. The second-order valence-electron chi connectivity index (χ2n) is 4.76. The smallest absolute Gasteiger partial charge is 0.127 e. The van der Waals surface area contributed by atoms with E-state index in [0.29, 0.717) is 6.61 Å². The Hall–Kier alpha value is -1.13. The predicted octanol–water partition coefficient (Wildman–Crippen LogP) is 1.83. The lowest BCUT2D eigenvalue weighted by atomic mass is 10.2. The zero-order valence-electron chi connectivity index (χ0n) is 12.0. The Labute approximate surface area is 110 Å². The zero-order valence-corrected chi connectivity index (χ0v) is 12.0. The zero-order chi connectivity index (χ0) is 13.4. The van der Waals surface area contributed by atoms with Crippen molar-refractivity contribution in [1.29, 1.82) is 0 Å². The maximum absolute atomic E-state index is 5.84. The average molecular weight is 251 g/mol. The van der Waals surface area contributed by atoms with Gasteiger partial charge in [-0.05, 0) is 34.0 Å². The number of aryl methyl sites for hydroxylation is 1. The van der Waals surface area contributed by atoms with Gasteiger partial charge in [-0.1, -0.05) is 6.92 Å². The first-order valence-electron chi connectivity index (χ1n) is 6.57. The molecule has 0 aliphatic heterocycles. The molecule has 0 aliphatic carbocycles.